The number of hydrogen-bond acceptors (Lipinski definition) is 6. The van der Waals surface area contributed by atoms with Crippen LogP contribution in [0.3, 0.4) is 0 Å². The molecule has 0 bridgehead atoms. The molecule has 1 unspecified atom stereocenters. The largest absolute Gasteiger partial charge is 0.469 e. The number of H-pyrrole nitrogens is 1. The van der Waals surface area contributed by atoms with Crippen molar-refractivity contribution in [2.24, 2.45) is 7.05 Å². The number of aryl methyl sites for hydroxylation is 1. The fraction of sp³-hybridized carbons (Fsp3) is 0.500. The molecule has 0 radical (unpaired) electrons. The molecule has 3 rings (SSSR count). The quantitative estimate of drug-likeness (QED) is 0.266. The minimum absolute atomic E-state index is 0.555. The summed E-state index contributed by atoms with van der Waals surface area (Å²) in [6.45, 7) is -0.555. The summed E-state index contributed by atoms with van der Waals surface area (Å²) in [6.07, 6.45) is -1.45. The van der Waals surface area contributed by atoms with Crippen molar-refractivity contribution in [1.29, 1.82) is 0 Å². The zero-order valence-electron chi connectivity index (χ0n) is 12.5. The predicted molar refractivity (Wildman–Crippen MR) is 82.2 cm³/mol. The van der Waals surface area contributed by atoms with Crippen molar-refractivity contribution in [2.45, 2.75) is 24.5 Å². The van der Waals surface area contributed by atoms with Crippen LogP contribution in [0.1, 0.15) is 6.23 Å². The maximum Gasteiger partial charge on any atom is 0.469 e. The van der Waals surface area contributed by atoms with E-state index in [9.17, 15) is 14.8 Å². The standard InChI is InChI=1S/C12H16N3O7PS/c1-14-5-15(11-8(14)7(24)2-3-13-11)12-10(17)9(16)6(22-12)4-21-23(18,19)20/h2-3,5-6,9-10,12,16-17H,4H2,1H3,(H2-,13,18,19,20,24)/p+1/t6-,9-,10?,12-/m1/s1. The molecule has 24 heavy (non-hydrogen) atoms. The van der Waals surface area contributed by atoms with Crippen molar-refractivity contribution in [3.63, 3.8) is 0 Å². The topological polar surface area (TPSA) is 141 Å². The summed E-state index contributed by atoms with van der Waals surface area (Å²) in [5.74, 6) is 0. The fourth-order valence-corrected chi connectivity index (χ4v) is 3.41. The Labute approximate surface area is 141 Å². The molecular formula is C12H17N3O7PS+. The summed E-state index contributed by atoms with van der Waals surface area (Å²) >= 11 is 5.27. The van der Waals surface area contributed by atoms with Crippen LogP contribution >= 0.6 is 20.0 Å². The van der Waals surface area contributed by atoms with Crippen molar-refractivity contribution in [1.82, 2.24) is 9.55 Å². The number of hydrogen-bond donors (Lipinski definition) is 5. The van der Waals surface area contributed by atoms with Gasteiger partial charge in [-0.05, 0) is 6.07 Å². The van der Waals surface area contributed by atoms with E-state index in [-0.39, 0.29) is 0 Å². The van der Waals surface area contributed by atoms with Gasteiger partial charge in [0.2, 0.25) is 6.23 Å². The third-order valence-corrected chi connectivity index (χ3v) is 4.65. The van der Waals surface area contributed by atoms with Crippen molar-refractivity contribution in [3.05, 3.63) is 23.1 Å². The number of aliphatic hydroxyl groups is 2. The lowest BCUT2D eigenvalue weighted by molar-refractivity contribution is -0.745. The number of aromatic nitrogens is 3. The van der Waals surface area contributed by atoms with Gasteiger partial charge in [0.15, 0.2) is 11.8 Å². The zero-order chi connectivity index (χ0) is 17.6. The van der Waals surface area contributed by atoms with Crippen LogP contribution in [0.4, 0.5) is 0 Å². The molecule has 2 aromatic rings. The summed E-state index contributed by atoms with van der Waals surface area (Å²) in [4.78, 5) is 20.5. The highest BCUT2D eigenvalue weighted by Crippen LogP contribution is 2.37. The SMILES string of the molecule is Cn1c[n+]([C@@H]2O[C@H](COP(=O)(O)O)[C@@H](O)C2O)c2[nH]ccc(=S)c21. The molecule has 5 N–H and O–H groups in total. The number of nitrogens with one attached hydrogen (secondary N) is 1. The first-order valence-corrected chi connectivity index (χ1v) is 8.92. The highest BCUT2D eigenvalue weighted by atomic mass is 32.1. The van der Waals surface area contributed by atoms with Gasteiger partial charge in [-0.3, -0.25) is 14.1 Å². The number of aliphatic hydroxyl groups excluding tert-OH is 2. The summed E-state index contributed by atoms with van der Waals surface area (Å²) in [7, 11) is -2.93. The van der Waals surface area contributed by atoms with E-state index >= 15 is 0 Å². The number of rotatable bonds is 4. The van der Waals surface area contributed by atoms with Crippen molar-refractivity contribution >= 4 is 31.2 Å². The predicted octanol–water partition coefficient (Wildman–Crippen LogP) is -0.748. The zero-order valence-corrected chi connectivity index (χ0v) is 14.2. The summed E-state index contributed by atoms with van der Waals surface area (Å²) < 4.78 is 24.6. The van der Waals surface area contributed by atoms with E-state index < -0.39 is 39.0 Å². The molecule has 0 aromatic carbocycles. The van der Waals surface area contributed by atoms with Gasteiger partial charge in [-0.15, -0.1) is 0 Å². The molecule has 1 aliphatic heterocycles. The van der Waals surface area contributed by atoms with Crippen LogP contribution in [0.5, 0.6) is 0 Å². The lowest BCUT2D eigenvalue weighted by Gasteiger charge is -2.14. The number of pyridine rings is 1. The van der Waals surface area contributed by atoms with E-state index in [0.717, 1.165) is 0 Å². The summed E-state index contributed by atoms with van der Waals surface area (Å²) in [5.41, 5.74) is 1.30. The number of imidazole rings is 1. The van der Waals surface area contributed by atoms with E-state index in [4.69, 9.17) is 26.7 Å². The van der Waals surface area contributed by atoms with E-state index in [1.165, 1.54) is 0 Å². The maximum atomic E-state index is 10.8. The number of phosphoric acid groups is 1. The summed E-state index contributed by atoms with van der Waals surface area (Å²) in [6, 6.07) is 1.72. The van der Waals surface area contributed by atoms with Crippen LogP contribution in [0.15, 0.2) is 18.6 Å². The average molecular weight is 378 g/mol. The summed E-state index contributed by atoms with van der Waals surface area (Å²) in [5, 5.41) is 20.3. The van der Waals surface area contributed by atoms with Gasteiger partial charge in [-0.2, -0.15) is 0 Å². The molecule has 132 valence electrons. The molecule has 4 atom stereocenters. The van der Waals surface area contributed by atoms with Crippen LogP contribution < -0.4 is 4.57 Å². The Bertz CT molecular complexity index is 862. The molecule has 10 nitrogen and oxygen atoms in total. The van der Waals surface area contributed by atoms with Gasteiger partial charge >= 0.3 is 7.82 Å². The molecule has 0 saturated carbocycles. The molecule has 0 amide bonds. The Hall–Kier alpha value is -1.17. The average Bonchev–Trinajstić information content (AvgIpc) is 2.96. The van der Waals surface area contributed by atoms with Gasteiger partial charge < -0.3 is 24.7 Å². The van der Waals surface area contributed by atoms with Crippen LogP contribution in [0.2, 0.25) is 0 Å². The number of fused-ring (bicyclic) bond motifs is 1. The number of nitrogens with zero attached hydrogens (tertiary/aromatic N) is 2. The monoisotopic (exact) mass is 378 g/mol. The third-order valence-electron chi connectivity index (χ3n) is 3.84. The van der Waals surface area contributed by atoms with E-state index in [1.807, 2.05) is 0 Å². The normalized spacial score (nSPS) is 27.9. The van der Waals surface area contributed by atoms with E-state index in [1.54, 1.807) is 34.8 Å². The Morgan fingerprint density at radius 2 is 2.17 bits per heavy atom. The smallest absolute Gasteiger partial charge is 0.387 e. The molecular weight excluding hydrogens is 361 g/mol. The first kappa shape index (κ1) is 17.6. The first-order chi connectivity index (χ1) is 11.2. The molecule has 0 aliphatic carbocycles. The third kappa shape index (κ3) is 3.17. The minimum Gasteiger partial charge on any atom is -0.387 e. The van der Waals surface area contributed by atoms with Crippen molar-refractivity contribution < 1.29 is 38.4 Å². The fourth-order valence-electron chi connectivity index (χ4n) is 2.76. The van der Waals surface area contributed by atoms with Gasteiger partial charge in [0.25, 0.3) is 5.65 Å². The number of phosphoric ester groups is 1. The van der Waals surface area contributed by atoms with Gasteiger partial charge in [-0.25, -0.2) is 9.13 Å². The van der Waals surface area contributed by atoms with Gasteiger partial charge in [0.05, 0.1) is 24.4 Å². The van der Waals surface area contributed by atoms with Crippen molar-refractivity contribution in [3.8, 4) is 0 Å². The van der Waals surface area contributed by atoms with Crippen LogP contribution in [0.25, 0.3) is 11.2 Å². The number of aromatic amines is 1. The van der Waals surface area contributed by atoms with Crippen LogP contribution in [-0.4, -0.2) is 54.5 Å². The molecule has 1 fully saturated rings. The van der Waals surface area contributed by atoms with Crippen molar-refractivity contribution in [2.75, 3.05) is 6.61 Å². The Morgan fingerprint density at radius 3 is 2.83 bits per heavy atom. The highest BCUT2D eigenvalue weighted by Gasteiger charge is 2.47. The Kier molecular flexibility index (Phi) is 4.62. The molecule has 3 heterocycles. The second-order valence-corrected chi connectivity index (χ2v) is 7.18. The molecule has 1 aliphatic rings. The Balaban J connectivity index is 1.92. The molecule has 2 aromatic heterocycles. The van der Waals surface area contributed by atoms with E-state index in [2.05, 4.69) is 9.51 Å². The lowest BCUT2D eigenvalue weighted by Crippen LogP contribution is -2.45. The highest BCUT2D eigenvalue weighted by molar-refractivity contribution is 7.71. The van der Waals surface area contributed by atoms with Gasteiger partial charge in [0, 0.05) is 0 Å². The minimum atomic E-state index is -4.70. The van der Waals surface area contributed by atoms with Crippen LogP contribution in [-0.2, 0) is 20.9 Å². The van der Waals surface area contributed by atoms with Crippen LogP contribution in [0, 0.1) is 4.51 Å². The van der Waals surface area contributed by atoms with Gasteiger partial charge in [0.1, 0.15) is 18.3 Å². The Morgan fingerprint density at radius 1 is 1.46 bits per heavy atom. The first-order valence-electron chi connectivity index (χ1n) is 6.98. The number of ether oxygens (including phenoxy) is 1. The molecule has 12 heteroatoms. The molecule has 1 saturated heterocycles. The molecule has 0 spiro atoms. The second-order valence-electron chi connectivity index (χ2n) is 5.51. The van der Waals surface area contributed by atoms with E-state index in [0.29, 0.717) is 15.7 Å². The maximum absolute atomic E-state index is 10.8. The second kappa shape index (κ2) is 6.28. The van der Waals surface area contributed by atoms with Gasteiger partial charge in [-0.1, -0.05) is 12.2 Å². The lowest BCUT2D eigenvalue weighted by atomic mass is 10.1.